The van der Waals surface area contributed by atoms with Crippen molar-refractivity contribution >= 4 is 5.97 Å². The summed E-state index contributed by atoms with van der Waals surface area (Å²) < 4.78 is 9.93. The van der Waals surface area contributed by atoms with Crippen LogP contribution in [-0.4, -0.2) is 30.8 Å². The third kappa shape index (κ3) is 3.52. The maximum atomic E-state index is 11.2. The second-order valence-electron chi connectivity index (χ2n) is 3.25. The van der Waals surface area contributed by atoms with Gasteiger partial charge in [-0.25, -0.2) is 0 Å². The number of aliphatic hydroxyl groups is 1. The van der Waals surface area contributed by atoms with Gasteiger partial charge in [0.1, 0.15) is 18.4 Å². The van der Waals surface area contributed by atoms with E-state index >= 15 is 0 Å². The fourth-order valence-electron chi connectivity index (χ4n) is 1.10. The molecule has 0 spiro atoms. The Hall–Kier alpha value is -1.59. The number of aliphatic hydroxyl groups excluding tert-OH is 1. The van der Waals surface area contributed by atoms with Gasteiger partial charge in [0.05, 0.1) is 13.7 Å². The standard InChI is InChI=1S/C11H15NO4/c1-15-9-4-2-3-8(5-9)7-16-11(14)10(12)6-13/h2-5,10,13H,6-7,12H2,1H3. The number of rotatable bonds is 5. The number of hydrogen-bond donors (Lipinski definition) is 2. The highest BCUT2D eigenvalue weighted by Gasteiger charge is 2.13. The zero-order valence-corrected chi connectivity index (χ0v) is 9.05. The van der Waals surface area contributed by atoms with E-state index in [1.165, 1.54) is 0 Å². The van der Waals surface area contributed by atoms with Crippen LogP contribution in [0.15, 0.2) is 24.3 Å². The van der Waals surface area contributed by atoms with Gasteiger partial charge in [-0.2, -0.15) is 0 Å². The molecule has 1 rings (SSSR count). The molecule has 3 N–H and O–H groups in total. The van der Waals surface area contributed by atoms with Crippen LogP contribution in [0, 0.1) is 0 Å². The predicted molar refractivity (Wildman–Crippen MR) is 57.9 cm³/mol. The molecule has 0 radical (unpaired) electrons. The van der Waals surface area contributed by atoms with Gasteiger partial charge in [-0.3, -0.25) is 4.79 Å². The molecule has 88 valence electrons. The van der Waals surface area contributed by atoms with Crippen LogP contribution in [0.5, 0.6) is 5.75 Å². The van der Waals surface area contributed by atoms with Crippen molar-refractivity contribution < 1.29 is 19.4 Å². The minimum atomic E-state index is -0.981. The van der Waals surface area contributed by atoms with Gasteiger partial charge < -0.3 is 20.3 Å². The topological polar surface area (TPSA) is 81.8 Å². The molecular formula is C11H15NO4. The fourth-order valence-corrected chi connectivity index (χ4v) is 1.10. The first kappa shape index (κ1) is 12.5. The minimum absolute atomic E-state index is 0.115. The maximum absolute atomic E-state index is 11.2. The molecule has 0 aliphatic carbocycles. The van der Waals surface area contributed by atoms with E-state index < -0.39 is 18.6 Å². The third-order valence-electron chi connectivity index (χ3n) is 2.01. The maximum Gasteiger partial charge on any atom is 0.325 e. The lowest BCUT2D eigenvalue weighted by Crippen LogP contribution is -2.35. The van der Waals surface area contributed by atoms with Crippen molar-refractivity contribution in [1.29, 1.82) is 0 Å². The van der Waals surface area contributed by atoms with Crippen LogP contribution in [0.3, 0.4) is 0 Å². The normalized spacial score (nSPS) is 11.9. The van der Waals surface area contributed by atoms with Gasteiger partial charge in [0.15, 0.2) is 0 Å². The molecule has 0 heterocycles. The smallest absolute Gasteiger partial charge is 0.325 e. The predicted octanol–water partition coefficient (Wildman–Crippen LogP) is 0.0580. The summed E-state index contributed by atoms with van der Waals surface area (Å²) in [5.74, 6) is 0.0744. The Bertz CT molecular complexity index is 354. The SMILES string of the molecule is COc1cccc(COC(=O)C(N)CO)c1. The number of carbonyl (C=O) groups is 1. The van der Waals surface area contributed by atoms with Crippen LogP contribution >= 0.6 is 0 Å². The van der Waals surface area contributed by atoms with Crippen LogP contribution in [0.1, 0.15) is 5.56 Å². The molecule has 0 bridgehead atoms. The number of benzene rings is 1. The number of ether oxygens (including phenoxy) is 2. The molecule has 1 aromatic rings. The Labute approximate surface area is 93.8 Å². The van der Waals surface area contributed by atoms with Crippen LogP contribution < -0.4 is 10.5 Å². The van der Waals surface area contributed by atoms with Gasteiger partial charge in [0, 0.05) is 0 Å². The summed E-state index contributed by atoms with van der Waals surface area (Å²) in [6.07, 6.45) is 0. The van der Waals surface area contributed by atoms with Crippen molar-refractivity contribution in [3.05, 3.63) is 29.8 Å². The largest absolute Gasteiger partial charge is 0.497 e. The van der Waals surface area contributed by atoms with Crippen LogP contribution in [-0.2, 0) is 16.1 Å². The summed E-state index contributed by atoms with van der Waals surface area (Å²) in [6, 6.07) is 6.18. The van der Waals surface area contributed by atoms with Crippen molar-refractivity contribution in [3.8, 4) is 5.75 Å². The Balaban J connectivity index is 2.51. The number of carbonyl (C=O) groups excluding carboxylic acids is 1. The van der Waals surface area contributed by atoms with Gasteiger partial charge in [0.2, 0.25) is 0 Å². The minimum Gasteiger partial charge on any atom is -0.497 e. The Morgan fingerprint density at radius 3 is 2.94 bits per heavy atom. The highest BCUT2D eigenvalue weighted by molar-refractivity contribution is 5.75. The van der Waals surface area contributed by atoms with E-state index in [1.807, 2.05) is 0 Å². The molecule has 1 atom stereocenters. The molecule has 0 saturated carbocycles. The van der Waals surface area contributed by atoms with Crippen LogP contribution in [0.25, 0.3) is 0 Å². The highest BCUT2D eigenvalue weighted by atomic mass is 16.5. The van der Waals surface area contributed by atoms with E-state index in [2.05, 4.69) is 0 Å². The molecule has 0 aromatic heterocycles. The van der Waals surface area contributed by atoms with Crippen molar-refractivity contribution in [2.45, 2.75) is 12.6 Å². The molecule has 0 amide bonds. The van der Waals surface area contributed by atoms with E-state index in [9.17, 15) is 4.79 Å². The summed E-state index contributed by atoms with van der Waals surface area (Å²) >= 11 is 0. The number of esters is 1. The quantitative estimate of drug-likeness (QED) is 0.692. The average Bonchev–Trinajstić information content (AvgIpc) is 2.35. The van der Waals surface area contributed by atoms with E-state index in [4.69, 9.17) is 20.3 Å². The van der Waals surface area contributed by atoms with Gasteiger partial charge >= 0.3 is 5.97 Å². The summed E-state index contributed by atoms with van der Waals surface area (Å²) in [5.41, 5.74) is 6.09. The first-order chi connectivity index (χ1) is 7.67. The van der Waals surface area contributed by atoms with E-state index in [0.717, 1.165) is 5.56 Å². The Morgan fingerprint density at radius 2 is 2.31 bits per heavy atom. The number of nitrogens with two attached hydrogens (primary N) is 1. The lowest BCUT2D eigenvalue weighted by atomic mass is 10.2. The van der Waals surface area contributed by atoms with Gasteiger partial charge in [0.25, 0.3) is 0 Å². The summed E-state index contributed by atoms with van der Waals surface area (Å²) in [6.45, 7) is -0.305. The molecule has 16 heavy (non-hydrogen) atoms. The van der Waals surface area contributed by atoms with Crippen molar-refractivity contribution in [2.24, 2.45) is 5.73 Å². The molecule has 1 aromatic carbocycles. The van der Waals surface area contributed by atoms with Gasteiger partial charge in [-0.05, 0) is 17.7 Å². The fraction of sp³-hybridized carbons (Fsp3) is 0.364. The zero-order chi connectivity index (χ0) is 12.0. The molecule has 0 saturated heterocycles. The summed E-state index contributed by atoms with van der Waals surface area (Å²) in [4.78, 5) is 11.2. The van der Waals surface area contributed by atoms with Crippen LogP contribution in [0.2, 0.25) is 0 Å². The summed E-state index contributed by atoms with van der Waals surface area (Å²) in [7, 11) is 1.56. The van der Waals surface area contributed by atoms with E-state index in [1.54, 1.807) is 31.4 Å². The summed E-state index contributed by atoms with van der Waals surface area (Å²) in [5, 5.41) is 8.64. The molecule has 5 heteroatoms. The molecule has 0 fully saturated rings. The molecular weight excluding hydrogens is 210 g/mol. The Kier molecular flexibility index (Phi) is 4.75. The Morgan fingerprint density at radius 1 is 1.56 bits per heavy atom. The molecule has 0 aliphatic rings. The number of methoxy groups -OCH3 is 1. The molecule has 5 nitrogen and oxygen atoms in total. The average molecular weight is 225 g/mol. The van der Waals surface area contributed by atoms with Crippen molar-refractivity contribution in [1.82, 2.24) is 0 Å². The first-order valence-corrected chi connectivity index (χ1v) is 4.83. The second-order valence-corrected chi connectivity index (χ2v) is 3.25. The third-order valence-corrected chi connectivity index (χ3v) is 2.01. The monoisotopic (exact) mass is 225 g/mol. The zero-order valence-electron chi connectivity index (χ0n) is 9.05. The lowest BCUT2D eigenvalue weighted by Gasteiger charge is -2.09. The van der Waals surface area contributed by atoms with Crippen molar-refractivity contribution in [2.75, 3.05) is 13.7 Å². The van der Waals surface area contributed by atoms with Crippen molar-refractivity contribution in [3.63, 3.8) is 0 Å². The lowest BCUT2D eigenvalue weighted by molar-refractivity contribution is -0.147. The molecule has 1 unspecified atom stereocenters. The van der Waals surface area contributed by atoms with Crippen LogP contribution in [0.4, 0.5) is 0 Å². The van der Waals surface area contributed by atoms with Gasteiger partial charge in [-0.1, -0.05) is 12.1 Å². The van der Waals surface area contributed by atoms with Gasteiger partial charge in [-0.15, -0.1) is 0 Å². The second kappa shape index (κ2) is 6.09. The number of hydrogen-bond acceptors (Lipinski definition) is 5. The van der Waals surface area contributed by atoms with E-state index in [0.29, 0.717) is 5.75 Å². The first-order valence-electron chi connectivity index (χ1n) is 4.83. The van der Waals surface area contributed by atoms with E-state index in [-0.39, 0.29) is 6.61 Å². The highest BCUT2D eigenvalue weighted by Crippen LogP contribution is 2.13. The molecule has 0 aliphatic heterocycles.